The SMILES string of the molecule is CC[I-][N+]1=C(/C=C/C=C/C=C/C=C2/N(CCCCCC(C)=O)c3ccc4c(S(=O)(=O)O)cc(S(=O)(=O)O)cc4c3C2(C)C)C(C)(C)c2c1ccc1c(S(=O)(=O)O)cc(S(=O)(=O)O)cc21. The van der Waals surface area contributed by atoms with Crippen LogP contribution in [0, 0.1) is 0 Å². The first-order chi connectivity index (χ1) is 29.6. The minimum atomic E-state index is -4.92. The molecule has 20 heteroatoms. The maximum absolute atomic E-state index is 12.5. The van der Waals surface area contributed by atoms with E-state index in [2.05, 4.69) is 7.69 Å². The van der Waals surface area contributed by atoms with Crippen LogP contribution in [0.25, 0.3) is 21.5 Å². The van der Waals surface area contributed by atoms with Crippen molar-refractivity contribution in [2.24, 2.45) is 0 Å². The fourth-order valence-electron chi connectivity index (χ4n) is 8.62. The molecule has 0 spiro atoms. The summed E-state index contributed by atoms with van der Waals surface area (Å²) in [6.45, 7) is 11.8. The third kappa shape index (κ3) is 9.71. The zero-order valence-corrected chi connectivity index (χ0v) is 41.2. The molecule has 4 N–H and O–H groups in total. The van der Waals surface area contributed by atoms with Crippen molar-refractivity contribution in [2.75, 3.05) is 15.9 Å². The van der Waals surface area contributed by atoms with Gasteiger partial charge in [0.2, 0.25) is 0 Å². The van der Waals surface area contributed by atoms with Crippen molar-refractivity contribution in [2.45, 2.75) is 97.6 Å². The van der Waals surface area contributed by atoms with Crippen LogP contribution >= 0.6 is 0 Å². The van der Waals surface area contributed by atoms with Gasteiger partial charge in [0, 0.05) is 11.8 Å². The number of hydrogen-bond donors (Lipinski definition) is 4. The van der Waals surface area contributed by atoms with Gasteiger partial charge in [-0.15, -0.1) is 0 Å². The van der Waals surface area contributed by atoms with Gasteiger partial charge in [0.15, 0.2) is 0 Å². The second-order valence-electron chi connectivity index (χ2n) is 16.5. The number of unbranched alkanes of at least 4 members (excludes halogenated alkanes) is 2. The molecule has 2 heterocycles. The number of nitrogens with zero attached hydrogens (tertiary/aromatic N) is 2. The van der Waals surface area contributed by atoms with Crippen molar-refractivity contribution in [3.05, 3.63) is 108 Å². The maximum atomic E-state index is 12.5. The van der Waals surface area contributed by atoms with Crippen LogP contribution in [0.2, 0.25) is 0 Å². The molecule has 0 saturated carbocycles. The fraction of sp³-hybridized carbons (Fsp3) is 0.318. The minimum absolute atomic E-state index is 0.0829. The molecule has 4 aromatic rings. The number of hydrogen-bond acceptors (Lipinski definition) is 10. The normalized spacial score (nSPS) is 17.3. The molecular formula is C44H49IN2O13S4. The van der Waals surface area contributed by atoms with Crippen LogP contribution in [0.5, 0.6) is 0 Å². The quantitative estimate of drug-likeness (QED) is 0.0292. The number of ketones is 1. The van der Waals surface area contributed by atoms with Crippen molar-refractivity contribution in [1.82, 2.24) is 0 Å². The number of carbonyl (C=O) groups is 1. The monoisotopic (exact) mass is 1070 g/mol. The summed E-state index contributed by atoms with van der Waals surface area (Å²) in [5.74, 6) is 0.0924. The van der Waals surface area contributed by atoms with Crippen LogP contribution < -0.4 is 26.4 Å². The van der Waals surface area contributed by atoms with Gasteiger partial charge in [0.1, 0.15) is 10.7 Å². The van der Waals surface area contributed by atoms with Gasteiger partial charge in [-0.25, -0.2) is 0 Å². The first-order valence-electron chi connectivity index (χ1n) is 20.0. The molecule has 2 aliphatic rings. The summed E-state index contributed by atoms with van der Waals surface area (Å²) in [4.78, 5) is 11.0. The Kier molecular flexibility index (Phi) is 13.8. The van der Waals surface area contributed by atoms with E-state index in [1.165, 1.54) is 24.3 Å². The Morgan fingerprint density at radius 2 is 1.19 bits per heavy atom. The standard InChI is InChI=1S/C44H49IN2O13S4/c1-7-45-47-36-22-20-32-34(25-30(62(52,53)54)27-38(32)64(58,59)60)42(36)44(5,6)40(47)18-14-10-8-9-13-17-39-43(3,4)41-33-24-29(61(49,50)51)26-37(63(55,56)57)31(33)19-21-35(41)46(39)23-15-11-12-16-28(2)48/h8-10,13-14,17-22,24-27H,7,11-12,15-16,23H2,1-6H3,(H,49,50,51)(H,52,53,54)(H,55,56,57)(H,58,59,60)/b10-8+,13-9+,18-14+,39-17+. The first kappa shape index (κ1) is 49.3. The van der Waals surface area contributed by atoms with E-state index in [1.807, 2.05) is 77.2 Å². The van der Waals surface area contributed by atoms with Gasteiger partial charge in [-0.2, -0.15) is 16.8 Å². The topological polar surface area (TPSA) is 241 Å². The van der Waals surface area contributed by atoms with Crippen molar-refractivity contribution in [3.8, 4) is 0 Å². The van der Waals surface area contributed by atoms with Crippen molar-refractivity contribution < 1.29 is 80.9 Å². The second kappa shape index (κ2) is 17.9. The number of rotatable bonds is 16. The predicted molar refractivity (Wildman–Crippen MR) is 241 cm³/mol. The average Bonchev–Trinajstić information content (AvgIpc) is 3.53. The zero-order chi connectivity index (χ0) is 47.4. The first-order valence-corrected chi connectivity index (χ1v) is 28.3. The van der Waals surface area contributed by atoms with E-state index in [4.69, 9.17) is 0 Å². The Morgan fingerprint density at radius 1 is 0.656 bits per heavy atom. The Morgan fingerprint density at radius 3 is 1.72 bits per heavy atom. The van der Waals surface area contributed by atoms with Gasteiger partial charge >= 0.3 is 253 Å². The number of halogens is 1. The van der Waals surface area contributed by atoms with Crippen LogP contribution in [-0.4, -0.2) is 77.1 Å². The van der Waals surface area contributed by atoms with E-state index in [0.717, 1.165) is 40.1 Å². The third-order valence-corrected chi connectivity index (χ3v) is 17.2. The molecule has 0 aromatic heterocycles. The summed E-state index contributed by atoms with van der Waals surface area (Å²) in [6, 6.07) is 10.4. The van der Waals surface area contributed by atoms with Crippen LogP contribution in [0.15, 0.2) is 116 Å². The van der Waals surface area contributed by atoms with E-state index >= 15 is 0 Å². The Balaban J connectivity index is 1.37. The number of Topliss-reactive ketones (excluding diaryl/α,β-unsaturated/α-hetero) is 1. The molecule has 2 aliphatic heterocycles. The molecule has 0 unspecified atom stereocenters. The molecule has 4 aromatic carbocycles. The van der Waals surface area contributed by atoms with Crippen molar-refractivity contribution in [1.29, 1.82) is 0 Å². The number of anilines is 1. The Hall–Kier alpha value is -4.13. The van der Waals surface area contributed by atoms with Crippen molar-refractivity contribution in [3.63, 3.8) is 0 Å². The van der Waals surface area contributed by atoms with Gasteiger partial charge in [-0.05, 0) is 43.4 Å². The predicted octanol–water partition coefficient (Wildman–Crippen LogP) is 4.88. The van der Waals surface area contributed by atoms with Crippen LogP contribution in [-0.2, 0) is 56.1 Å². The number of allylic oxidation sites excluding steroid dienone is 8. The van der Waals surface area contributed by atoms with Gasteiger partial charge in [-0.3, -0.25) is 9.11 Å². The van der Waals surface area contributed by atoms with Gasteiger partial charge in [0.25, 0.3) is 20.2 Å². The van der Waals surface area contributed by atoms with E-state index < -0.39 is 92.4 Å². The summed E-state index contributed by atoms with van der Waals surface area (Å²) in [7, 11) is -19.5. The van der Waals surface area contributed by atoms with Gasteiger partial charge in [-0.1, -0.05) is 12.5 Å². The number of alkyl halides is 1. The Labute approximate surface area is 384 Å². The van der Waals surface area contributed by atoms with E-state index in [9.17, 15) is 56.7 Å². The van der Waals surface area contributed by atoms with Crippen molar-refractivity contribution >= 4 is 84.9 Å². The van der Waals surface area contributed by atoms with Crippen LogP contribution in [0.1, 0.15) is 78.4 Å². The molecular weight excluding hydrogens is 1020 g/mol. The molecule has 64 heavy (non-hydrogen) atoms. The molecule has 6 rings (SSSR count). The van der Waals surface area contributed by atoms with Crippen LogP contribution in [0.3, 0.4) is 0 Å². The van der Waals surface area contributed by atoms with E-state index in [1.54, 1.807) is 19.1 Å². The molecule has 0 fully saturated rings. The van der Waals surface area contributed by atoms with Crippen LogP contribution in [0.4, 0.5) is 11.4 Å². The zero-order valence-electron chi connectivity index (χ0n) is 35.8. The summed E-state index contributed by atoms with van der Waals surface area (Å²) >= 11 is -0.632. The summed E-state index contributed by atoms with van der Waals surface area (Å²) in [5, 5.41) is 0.682. The number of benzene rings is 4. The second-order valence-corrected chi connectivity index (χ2v) is 25.3. The van der Waals surface area contributed by atoms with Gasteiger partial charge < -0.3 is 4.79 Å². The summed E-state index contributed by atoms with van der Waals surface area (Å²) in [6.07, 6.45) is 15.5. The average molecular weight is 1070 g/mol. The van der Waals surface area contributed by atoms with E-state index in [-0.39, 0.29) is 27.3 Å². The number of carbonyl (C=O) groups excluding carboxylic acids is 1. The molecule has 15 nitrogen and oxygen atoms in total. The molecule has 0 bridgehead atoms. The molecule has 344 valence electrons. The molecule has 0 radical (unpaired) electrons. The Bertz CT molecular complexity index is 3240. The fourth-order valence-corrected chi connectivity index (χ4v) is 13.9. The molecule has 0 atom stereocenters. The van der Waals surface area contributed by atoms with E-state index in [0.29, 0.717) is 42.6 Å². The molecule has 0 aliphatic carbocycles. The molecule has 0 saturated heterocycles. The summed E-state index contributed by atoms with van der Waals surface area (Å²) < 4.78 is 142. The molecule has 0 amide bonds. The third-order valence-electron chi connectivity index (χ3n) is 11.4. The summed E-state index contributed by atoms with van der Waals surface area (Å²) in [5.41, 5.74) is 2.72. The number of fused-ring (bicyclic) bond motifs is 6. The van der Waals surface area contributed by atoms with Gasteiger partial charge in [0.05, 0.1) is 4.90 Å².